The number of rotatable bonds is 4. The highest BCUT2D eigenvalue weighted by Crippen LogP contribution is 2.09. The van der Waals surface area contributed by atoms with Crippen LogP contribution in [0.5, 0.6) is 0 Å². The van der Waals surface area contributed by atoms with Crippen LogP contribution in [0.4, 0.5) is 0 Å². The van der Waals surface area contributed by atoms with E-state index in [9.17, 15) is 4.79 Å². The Labute approximate surface area is 111 Å². The molecule has 0 aromatic carbocycles. The molecular formula is C12H14N4OS. The van der Waals surface area contributed by atoms with Crippen molar-refractivity contribution in [3.05, 3.63) is 42.1 Å². The van der Waals surface area contributed by atoms with Crippen molar-refractivity contribution in [3.63, 3.8) is 0 Å². The number of hydrogen-bond donors (Lipinski definition) is 2. The molecule has 0 atom stereocenters. The third kappa shape index (κ3) is 2.70. The summed E-state index contributed by atoms with van der Waals surface area (Å²) in [7, 11) is 0. The molecule has 1 N–H and O–H groups in total. The van der Waals surface area contributed by atoms with Crippen molar-refractivity contribution in [1.82, 2.24) is 19.9 Å². The molecule has 0 saturated carbocycles. The second-order valence-corrected chi connectivity index (χ2v) is 4.17. The summed E-state index contributed by atoms with van der Waals surface area (Å²) < 4.78 is 1.83. The molecule has 0 unspecified atom stereocenters. The van der Waals surface area contributed by atoms with Crippen LogP contribution in [-0.2, 0) is 0 Å². The largest absolute Gasteiger partial charge is 0.351 e. The van der Waals surface area contributed by atoms with Crippen molar-refractivity contribution in [3.8, 4) is 5.82 Å². The number of amides is 1. The number of nitrogens with zero attached hydrogens (tertiary/aromatic N) is 3. The van der Waals surface area contributed by atoms with Crippen LogP contribution in [0, 0.1) is 6.92 Å². The van der Waals surface area contributed by atoms with Gasteiger partial charge in [-0.2, -0.15) is 12.6 Å². The zero-order chi connectivity index (χ0) is 13.0. The standard InChI is InChI=1S/C12H14N4OS/c1-9-13-4-6-16(9)11-8-10(2-3-14-11)12(17)15-5-7-18/h2-4,6,8,18H,5,7H2,1H3,(H,15,17). The van der Waals surface area contributed by atoms with E-state index in [1.54, 1.807) is 24.5 Å². The van der Waals surface area contributed by atoms with Crippen LogP contribution in [0.1, 0.15) is 16.2 Å². The maximum absolute atomic E-state index is 11.8. The number of imidazole rings is 1. The SMILES string of the molecule is Cc1nccn1-c1cc(C(=O)NCCS)ccn1. The maximum atomic E-state index is 11.8. The Bertz CT molecular complexity index is 553. The molecular weight excluding hydrogens is 248 g/mol. The van der Waals surface area contributed by atoms with Crippen LogP contribution in [0.2, 0.25) is 0 Å². The highest BCUT2D eigenvalue weighted by atomic mass is 32.1. The minimum Gasteiger partial charge on any atom is -0.351 e. The number of nitrogens with one attached hydrogen (secondary N) is 1. The fourth-order valence-electron chi connectivity index (χ4n) is 1.58. The molecule has 0 spiro atoms. The van der Waals surface area contributed by atoms with Crippen LogP contribution in [0.15, 0.2) is 30.7 Å². The average Bonchev–Trinajstić information content (AvgIpc) is 2.82. The Morgan fingerprint density at radius 1 is 1.44 bits per heavy atom. The molecule has 2 rings (SSSR count). The predicted molar refractivity (Wildman–Crippen MR) is 72.3 cm³/mol. The fourth-order valence-corrected chi connectivity index (χ4v) is 1.69. The monoisotopic (exact) mass is 262 g/mol. The van der Waals surface area contributed by atoms with Gasteiger partial charge in [-0.1, -0.05) is 0 Å². The van der Waals surface area contributed by atoms with Crippen molar-refractivity contribution < 1.29 is 4.79 Å². The Morgan fingerprint density at radius 2 is 2.28 bits per heavy atom. The summed E-state index contributed by atoms with van der Waals surface area (Å²) in [6, 6.07) is 3.42. The Morgan fingerprint density at radius 3 is 2.94 bits per heavy atom. The number of thiol groups is 1. The third-order valence-electron chi connectivity index (χ3n) is 2.48. The molecule has 0 bridgehead atoms. The topological polar surface area (TPSA) is 59.8 Å². The molecule has 18 heavy (non-hydrogen) atoms. The van der Waals surface area contributed by atoms with Crippen LogP contribution in [-0.4, -0.2) is 32.7 Å². The van der Waals surface area contributed by atoms with Crippen molar-refractivity contribution in [2.75, 3.05) is 12.3 Å². The van der Waals surface area contributed by atoms with E-state index in [-0.39, 0.29) is 5.91 Å². The molecule has 2 heterocycles. The van der Waals surface area contributed by atoms with Crippen LogP contribution >= 0.6 is 12.6 Å². The predicted octanol–water partition coefficient (Wildman–Crippen LogP) is 1.24. The van der Waals surface area contributed by atoms with Gasteiger partial charge in [0.1, 0.15) is 11.6 Å². The molecule has 0 saturated heterocycles. The highest BCUT2D eigenvalue weighted by molar-refractivity contribution is 7.80. The number of aromatic nitrogens is 3. The van der Waals surface area contributed by atoms with Crippen LogP contribution in [0.3, 0.4) is 0 Å². The highest BCUT2D eigenvalue weighted by Gasteiger charge is 2.08. The van der Waals surface area contributed by atoms with Crippen molar-refractivity contribution in [1.29, 1.82) is 0 Å². The number of carbonyl (C=O) groups excluding carboxylic acids is 1. The van der Waals surface area contributed by atoms with E-state index >= 15 is 0 Å². The Balaban J connectivity index is 2.25. The van der Waals surface area contributed by atoms with E-state index in [4.69, 9.17) is 0 Å². The molecule has 0 fully saturated rings. The Hall–Kier alpha value is -1.82. The first-order valence-electron chi connectivity index (χ1n) is 5.58. The lowest BCUT2D eigenvalue weighted by atomic mass is 10.2. The summed E-state index contributed by atoms with van der Waals surface area (Å²) in [5.41, 5.74) is 0.579. The summed E-state index contributed by atoms with van der Waals surface area (Å²) in [4.78, 5) is 20.2. The van der Waals surface area contributed by atoms with E-state index in [1.807, 2.05) is 17.7 Å². The molecule has 2 aromatic rings. The lowest BCUT2D eigenvalue weighted by Crippen LogP contribution is -2.25. The molecule has 94 valence electrons. The van der Waals surface area contributed by atoms with Crippen molar-refractivity contribution >= 4 is 18.5 Å². The fraction of sp³-hybridized carbons (Fsp3) is 0.250. The lowest BCUT2D eigenvalue weighted by molar-refractivity contribution is 0.0956. The van der Waals surface area contributed by atoms with Gasteiger partial charge in [-0.05, 0) is 19.1 Å². The van der Waals surface area contributed by atoms with Gasteiger partial charge in [0, 0.05) is 36.5 Å². The summed E-state index contributed by atoms with van der Waals surface area (Å²) in [6.45, 7) is 2.43. The van der Waals surface area contributed by atoms with Gasteiger partial charge in [-0.25, -0.2) is 9.97 Å². The smallest absolute Gasteiger partial charge is 0.251 e. The van der Waals surface area contributed by atoms with Gasteiger partial charge in [-0.3, -0.25) is 9.36 Å². The summed E-state index contributed by atoms with van der Waals surface area (Å²) in [5.74, 6) is 2.01. The van der Waals surface area contributed by atoms with E-state index in [1.165, 1.54) is 0 Å². The second-order valence-electron chi connectivity index (χ2n) is 3.73. The Kier molecular flexibility index (Phi) is 3.99. The van der Waals surface area contributed by atoms with Gasteiger partial charge >= 0.3 is 0 Å². The molecule has 0 aliphatic heterocycles. The van der Waals surface area contributed by atoms with Crippen molar-refractivity contribution in [2.24, 2.45) is 0 Å². The normalized spacial score (nSPS) is 10.3. The minimum absolute atomic E-state index is 0.120. The molecule has 2 aromatic heterocycles. The molecule has 0 aliphatic carbocycles. The van der Waals surface area contributed by atoms with Gasteiger partial charge in [0.15, 0.2) is 0 Å². The maximum Gasteiger partial charge on any atom is 0.251 e. The van der Waals surface area contributed by atoms with Crippen molar-refractivity contribution in [2.45, 2.75) is 6.92 Å². The van der Waals surface area contributed by atoms with Gasteiger partial charge in [-0.15, -0.1) is 0 Å². The first-order chi connectivity index (χ1) is 8.72. The molecule has 1 amide bonds. The number of hydrogen-bond acceptors (Lipinski definition) is 4. The summed E-state index contributed by atoms with van der Waals surface area (Å²) in [6.07, 6.45) is 5.13. The quantitative estimate of drug-likeness (QED) is 0.815. The van der Waals surface area contributed by atoms with E-state index < -0.39 is 0 Å². The summed E-state index contributed by atoms with van der Waals surface area (Å²) >= 11 is 4.05. The molecule has 6 heteroatoms. The number of aryl methyl sites for hydroxylation is 1. The molecule has 0 radical (unpaired) electrons. The zero-order valence-corrected chi connectivity index (χ0v) is 10.9. The minimum atomic E-state index is -0.120. The number of carbonyl (C=O) groups is 1. The average molecular weight is 262 g/mol. The van der Waals surface area contributed by atoms with Gasteiger partial charge in [0.05, 0.1) is 0 Å². The lowest BCUT2D eigenvalue weighted by Gasteiger charge is -2.07. The van der Waals surface area contributed by atoms with Gasteiger partial charge in [0.2, 0.25) is 0 Å². The third-order valence-corrected chi connectivity index (χ3v) is 2.70. The first kappa shape index (κ1) is 12.6. The van der Waals surface area contributed by atoms with E-state index in [0.29, 0.717) is 23.7 Å². The molecule has 5 nitrogen and oxygen atoms in total. The van der Waals surface area contributed by atoms with Crippen LogP contribution in [0.25, 0.3) is 5.82 Å². The van der Waals surface area contributed by atoms with Gasteiger partial charge < -0.3 is 5.32 Å². The summed E-state index contributed by atoms with van der Waals surface area (Å²) in [5, 5.41) is 2.77. The van der Waals surface area contributed by atoms with Gasteiger partial charge in [0.25, 0.3) is 5.91 Å². The second kappa shape index (κ2) is 5.68. The van der Waals surface area contributed by atoms with E-state index in [2.05, 4.69) is 27.9 Å². The first-order valence-corrected chi connectivity index (χ1v) is 6.21. The zero-order valence-electron chi connectivity index (χ0n) is 10.00. The van der Waals surface area contributed by atoms with E-state index in [0.717, 1.165) is 5.82 Å². The number of pyridine rings is 1. The molecule has 0 aliphatic rings. The van der Waals surface area contributed by atoms with Crippen LogP contribution < -0.4 is 5.32 Å².